The van der Waals surface area contributed by atoms with Gasteiger partial charge in [0.1, 0.15) is 5.82 Å². The Kier molecular flexibility index (Phi) is 4.33. The molecule has 4 nitrogen and oxygen atoms in total. The number of nitrogens with one attached hydrogen (secondary N) is 1. The van der Waals surface area contributed by atoms with E-state index in [1.165, 1.54) is 12.1 Å². The summed E-state index contributed by atoms with van der Waals surface area (Å²) >= 11 is 0. The summed E-state index contributed by atoms with van der Waals surface area (Å²) < 4.78 is 13.5. The van der Waals surface area contributed by atoms with Crippen LogP contribution in [0, 0.1) is 12.7 Å². The highest BCUT2D eigenvalue weighted by Crippen LogP contribution is 2.15. The molecule has 0 saturated heterocycles. The number of carbonyl (C=O) groups excluding carboxylic acids is 1. The van der Waals surface area contributed by atoms with E-state index >= 15 is 0 Å². The summed E-state index contributed by atoms with van der Waals surface area (Å²) in [6.45, 7) is 1.58. The zero-order chi connectivity index (χ0) is 15.4. The molecule has 0 aliphatic rings. The van der Waals surface area contributed by atoms with Gasteiger partial charge in [-0.25, -0.2) is 9.18 Å². The molecule has 0 fully saturated rings. The maximum atomic E-state index is 13.5. The van der Waals surface area contributed by atoms with Gasteiger partial charge < -0.3 is 10.4 Å². The molecule has 0 aliphatic heterocycles. The van der Waals surface area contributed by atoms with Crippen molar-refractivity contribution in [3.05, 3.63) is 71.0 Å². The van der Waals surface area contributed by atoms with Crippen molar-refractivity contribution < 1.29 is 19.1 Å². The highest BCUT2D eigenvalue weighted by Gasteiger charge is 2.22. The lowest BCUT2D eigenvalue weighted by molar-refractivity contribution is -0.139. The van der Waals surface area contributed by atoms with Crippen LogP contribution in [0.2, 0.25) is 0 Å². The number of aliphatic carboxylic acids is 1. The van der Waals surface area contributed by atoms with Gasteiger partial charge in [0.15, 0.2) is 6.04 Å². The molecular formula is C16H14FNO3. The fourth-order valence-electron chi connectivity index (χ4n) is 1.88. The SMILES string of the molecule is Cc1ccc(C(=O)N[C@@H](C(=O)O)c2ccccc2)cc1F. The van der Waals surface area contributed by atoms with Crippen LogP contribution in [0.3, 0.4) is 0 Å². The Bertz CT molecular complexity index is 670. The average Bonchev–Trinajstić information content (AvgIpc) is 2.48. The van der Waals surface area contributed by atoms with Crippen molar-refractivity contribution in [3.8, 4) is 0 Å². The van der Waals surface area contributed by atoms with Crippen LogP contribution in [0.15, 0.2) is 48.5 Å². The Balaban J connectivity index is 2.23. The molecule has 0 aromatic heterocycles. The van der Waals surface area contributed by atoms with Crippen LogP contribution in [0.5, 0.6) is 0 Å². The third kappa shape index (κ3) is 3.45. The van der Waals surface area contributed by atoms with E-state index in [9.17, 15) is 19.1 Å². The van der Waals surface area contributed by atoms with Gasteiger partial charge in [-0.15, -0.1) is 0 Å². The zero-order valence-electron chi connectivity index (χ0n) is 11.3. The van der Waals surface area contributed by atoms with Crippen LogP contribution >= 0.6 is 0 Å². The summed E-state index contributed by atoms with van der Waals surface area (Å²) in [4.78, 5) is 23.4. The van der Waals surface area contributed by atoms with E-state index in [1.54, 1.807) is 37.3 Å². The quantitative estimate of drug-likeness (QED) is 0.908. The van der Waals surface area contributed by atoms with E-state index in [0.29, 0.717) is 11.1 Å². The molecule has 1 amide bonds. The molecule has 108 valence electrons. The fourth-order valence-corrected chi connectivity index (χ4v) is 1.88. The third-order valence-electron chi connectivity index (χ3n) is 3.09. The first-order valence-electron chi connectivity index (χ1n) is 6.34. The van der Waals surface area contributed by atoms with Gasteiger partial charge in [-0.2, -0.15) is 0 Å². The first-order chi connectivity index (χ1) is 9.99. The molecule has 2 N–H and O–H groups in total. The molecule has 0 bridgehead atoms. The second-order valence-corrected chi connectivity index (χ2v) is 4.62. The van der Waals surface area contributed by atoms with Gasteiger partial charge in [0.05, 0.1) is 0 Å². The van der Waals surface area contributed by atoms with Gasteiger partial charge in [-0.05, 0) is 30.2 Å². The molecule has 21 heavy (non-hydrogen) atoms. The molecule has 0 aliphatic carbocycles. The van der Waals surface area contributed by atoms with Gasteiger partial charge in [0.2, 0.25) is 0 Å². The van der Waals surface area contributed by atoms with E-state index in [1.807, 2.05) is 0 Å². The van der Waals surface area contributed by atoms with Crippen molar-refractivity contribution in [1.82, 2.24) is 5.32 Å². The minimum atomic E-state index is -1.18. The number of benzene rings is 2. The lowest BCUT2D eigenvalue weighted by Crippen LogP contribution is -2.33. The van der Waals surface area contributed by atoms with E-state index in [0.717, 1.165) is 6.07 Å². The van der Waals surface area contributed by atoms with E-state index < -0.39 is 23.7 Å². The number of carboxylic acids is 1. The van der Waals surface area contributed by atoms with Gasteiger partial charge in [-0.3, -0.25) is 4.79 Å². The number of carboxylic acid groups (broad SMARTS) is 1. The number of halogens is 1. The third-order valence-corrected chi connectivity index (χ3v) is 3.09. The van der Waals surface area contributed by atoms with Crippen LogP contribution in [-0.4, -0.2) is 17.0 Å². The van der Waals surface area contributed by atoms with Crippen LogP contribution in [-0.2, 0) is 4.79 Å². The fraction of sp³-hybridized carbons (Fsp3) is 0.125. The normalized spacial score (nSPS) is 11.7. The van der Waals surface area contributed by atoms with E-state index in [2.05, 4.69) is 5.32 Å². The van der Waals surface area contributed by atoms with Crippen molar-refractivity contribution >= 4 is 11.9 Å². The molecule has 5 heteroatoms. The van der Waals surface area contributed by atoms with Gasteiger partial charge in [0, 0.05) is 5.56 Å². The molecule has 0 heterocycles. The van der Waals surface area contributed by atoms with Gasteiger partial charge in [-0.1, -0.05) is 36.4 Å². The minimum Gasteiger partial charge on any atom is -0.479 e. The van der Waals surface area contributed by atoms with Crippen LogP contribution in [0.25, 0.3) is 0 Å². The molecule has 2 aromatic rings. The highest BCUT2D eigenvalue weighted by atomic mass is 19.1. The molecule has 0 spiro atoms. The van der Waals surface area contributed by atoms with Gasteiger partial charge in [0.25, 0.3) is 5.91 Å². The lowest BCUT2D eigenvalue weighted by atomic mass is 10.1. The van der Waals surface area contributed by atoms with E-state index in [4.69, 9.17) is 0 Å². The number of carbonyl (C=O) groups is 2. The standard InChI is InChI=1S/C16H14FNO3/c1-10-7-8-12(9-13(10)17)15(19)18-14(16(20)21)11-5-3-2-4-6-11/h2-9,14H,1H3,(H,18,19)(H,20,21)/t14-/m1/s1. The summed E-state index contributed by atoms with van der Waals surface area (Å²) in [7, 11) is 0. The average molecular weight is 287 g/mol. The van der Waals surface area contributed by atoms with E-state index in [-0.39, 0.29) is 5.56 Å². The van der Waals surface area contributed by atoms with Crippen molar-refractivity contribution in [2.24, 2.45) is 0 Å². The molecule has 0 saturated carbocycles. The Morgan fingerprint density at radius 2 is 1.81 bits per heavy atom. The smallest absolute Gasteiger partial charge is 0.330 e. The lowest BCUT2D eigenvalue weighted by Gasteiger charge is -2.15. The van der Waals surface area contributed by atoms with Gasteiger partial charge >= 0.3 is 5.97 Å². The Morgan fingerprint density at radius 1 is 1.14 bits per heavy atom. The molecule has 0 unspecified atom stereocenters. The molecule has 2 rings (SSSR count). The Morgan fingerprint density at radius 3 is 2.38 bits per heavy atom. The summed E-state index contributed by atoms with van der Waals surface area (Å²) in [5.41, 5.74) is 0.954. The zero-order valence-corrected chi connectivity index (χ0v) is 11.3. The monoisotopic (exact) mass is 287 g/mol. The molecule has 0 radical (unpaired) electrons. The first-order valence-corrected chi connectivity index (χ1v) is 6.34. The van der Waals surface area contributed by atoms with Crippen LogP contribution in [0.1, 0.15) is 27.5 Å². The van der Waals surface area contributed by atoms with Crippen molar-refractivity contribution in [3.63, 3.8) is 0 Å². The Hall–Kier alpha value is -2.69. The van der Waals surface area contributed by atoms with Crippen molar-refractivity contribution in [1.29, 1.82) is 0 Å². The largest absolute Gasteiger partial charge is 0.479 e. The van der Waals surface area contributed by atoms with Crippen LogP contribution < -0.4 is 5.32 Å². The van der Waals surface area contributed by atoms with Crippen LogP contribution in [0.4, 0.5) is 4.39 Å². The summed E-state index contributed by atoms with van der Waals surface area (Å²) in [5, 5.41) is 11.6. The number of hydrogen-bond acceptors (Lipinski definition) is 2. The molecule has 2 aromatic carbocycles. The number of rotatable bonds is 4. The molecule has 1 atom stereocenters. The second kappa shape index (κ2) is 6.17. The van der Waals surface area contributed by atoms with Crippen molar-refractivity contribution in [2.75, 3.05) is 0 Å². The molecular weight excluding hydrogens is 273 g/mol. The number of amides is 1. The summed E-state index contributed by atoms with van der Waals surface area (Å²) in [6.07, 6.45) is 0. The maximum absolute atomic E-state index is 13.5. The first kappa shape index (κ1) is 14.7. The van der Waals surface area contributed by atoms with Crippen molar-refractivity contribution in [2.45, 2.75) is 13.0 Å². The summed E-state index contributed by atoms with van der Waals surface area (Å²) in [6, 6.07) is 11.2. The summed E-state index contributed by atoms with van der Waals surface area (Å²) in [5.74, 6) is -2.32. The topological polar surface area (TPSA) is 66.4 Å². The second-order valence-electron chi connectivity index (χ2n) is 4.62. The predicted octanol–water partition coefficient (Wildman–Crippen LogP) is 2.69. The number of aryl methyl sites for hydroxylation is 1. The Labute approximate surface area is 121 Å². The predicted molar refractivity (Wildman–Crippen MR) is 75.4 cm³/mol. The maximum Gasteiger partial charge on any atom is 0.330 e. The minimum absolute atomic E-state index is 0.0836. The number of hydrogen-bond donors (Lipinski definition) is 2. The highest BCUT2D eigenvalue weighted by molar-refractivity contribution is 5.96.